The van der Waals surface area contributed by atoms with Crippen LogP contribution >= 0.6 is 22.9 Å². The van der Waals surface area contributed by atoms with E-state index in [0.717, 1.165) is 15.4 Å². The number of nitrogens with one attached hydrogen (secondary N) is 1. The number of benzene rings is 3. The second-order valence-electron chi connectivity index (χ2n) is 7.84. The summed E-state index contributed by atoms with van der Waals surface area (Å²) in [6, 6.07) is 20.6. The highest BCUT2D eigenvalue weighted by molar-refractivity contribution is 7.92. The number of hydrogen-bond donors (Lipinski definition) is 1. The van der Waals surface area contributed by atoms with Crippen LogP contribution in [0, 0.1) is 6.92 Å². The molecule has 5 rings (SSSR count). The molecule has 1 aliphatic heterocycles. The first-order chi connectivity index (χ1) is 16.8. The standard InChI is InChI=1S/C24H19ClN4O4S2/c1-15-7-10-18(11-8-15)35(31,32)29-14-21(33-20-12-9-17(25)13-19(20)29)22(30)26-24-28-27-23(34-24)16-5-3-2-4-6-16/h2-13,21H,14H2,1H3,(H,26,28,30)/t21-/m0/s1. The normalized spacial score (nSPS) is 15.3. The number of anilines is 2. The molecule has 0 aliphatic carbocycles. The molecule has 0 radical (unpaired) electrons. The third kappa shape index (κ3) is 4.72. The van der Waals surface area contributed by atoms with E-state index in [1.807, 2.05) is 37.3 Å². The second-order valence-corrected chi connectivity index (χ2v) is 11.1. The average molecular weight is 527 g/mol. The molecule has 0 saturated carbocycles. The van der Waals surface area contributed by atoms with Gasteiger partial charge in [0.15, 0.2) is 6.10 Å². The number of hydrogen-bond acceptors (Lipinski definition) is 7. The molecule has 1 aromatic heterocycles. The Bertz CT molecular complexity index is 1490. The van der Waals surface area contributed by atoms with Gasteiger partial charge in [-0.25, -0.2) is 8.42 Å². The smallest absolute Gasteiger partial charge is 0.269 e. The van der Waals surface area contributed by atoms with E-state index in [-0.39, 0.29) is 28.0 Å². The highest BCUT2D eigenvalue weighted by Crippen LogP contribution is 2.39. The van der Waals surface area contributed by atoms with Crippen LogP contribution in [0.25, 0.3) is 10.6 Å². The molecule has 0 saturated heterocycles. The Balaban J connectivity index is 1.43. The van der Waals surface area contributed by atoms with Crippen molar-refractivity contribution in [3.05, 3.63) is 83.4 Å². The first-order valence-electron chi connectivity index (χ1n) is 10.6. The molecule has 1 N–H and O–H groups in total. The lowest BCUT2D eigenvalue weighted by Gasteiger charge is -2.34. The summed E-state index contributed by atoms with van der Waals surface area (Å²) in [6.07, 6.45) is -1.12. The van der Waals surface area contributed by atoms with E-state index in [2.05, 4.69) is 15.5 Å². The van der Waals surface area contributed by atoms with Gasteiger partial charge in [-0.15, -0.1) is 10.2 Å². The van der Waals surface area contributed by atoms with Gasteiger partial charge in [0.2, 0.25) is 5.13 Å². The van der Waals surface area contributed by atoms with E-state index in [9.17, 15) is 13.2 Å². The summed E-state index contributed by atoms with van der Waals surface area (Å²) < 4.78 is 34.1. The van der Waals surface area contributed by atoms with Crippen molar-refractivity contribution in [3.63, 3.8) is 0 Å². The monoisotopic (exact) mass is 526 g/mol. The summed E-state index contributed by atoms with van der Waals surface area (Å²) in [5.74, 6) is -0.302. The largest absolute Gasteiger partial charge is 0.476 e. The first-order valence-corrected chi connectivity index (χ1v) is 13.2. The number of sulfonamides is 1. The second kappa shape index (κ2) is 9.29. The van der Waals surface area contributed by atoms with Crippen LogP contribution in [0.3, 0.4) is 0 Å². The molecule has 2 heterocycles. The molecule has 11 heteroatoms. The van der Waals surface area contributed by atoms with Crippen LogP contribution in [0.15, 0.2) is 77.7 Å². The molecule has 1 amide bonds. The molecular weight excluding hydrogens is 508 g/mol. The van der Waals surface area contributed by atoms with Gasteiger partial charge < -0.3 is 4.74 Å². The maximum absolute atomic E-state index is 13.5. The lowest BCUT2D eigenvalue weighted by Crippen LogP contribution is -2.48. The van der Waals surface area contributed by atoms with E-state index in [1.165, 1.54) is 29.5 Å². The van der Waals surface area contributed by atoms with Crippen molar-refractivity contribution < 1.29 is 17.9 Å². The van der Waals surface area contributed by atoms with Crippen LogP contribution in [-0.2, 0) is 14.8 Å². The summed E-state index contributed by atoms with van der Waals surface area (Å²) in [7, 11) is -3.99. The number of ether oxygens (including phenoxy) is 1. The van der Waals surface area contributed by atoms with Crippen molar-refractivity contribution >= 4 is 49.7 Å². The summed E-state index contributed by atoms with van der Waals surface area (Å²) in [5, 5.41) is 12.1. The minimum absolute atomic E-state index is 0.103. The Morgan fingerprint density at radius 2 is 1.83 bits per heavy atom. The number of carbonyl (C=O) groups is 1. The van der Waals surface area contributed by atoms with Crippen LogP contribution in [0.4, 0.5) is 10.8 Å². The number of carbonyl (C=O) groups excluding carboxylic acids is 1. The zero-order valence-electron chi connectivity index (χ0n) is 18.4. The van der Waals surface area contributed by atoms with Gasteiger partial charge in [0.25, 0.3) is 15.9 Å². The Morgan fingerprint density at radius 3 is 2.57 bits per heavy atom. The van der Waals surface area contributed by atoms with E-state index in [4.69, 9.17) is 16.3 Å². The highest BCUT2D eigenvalue weighted by atomic mass is 35.5. The minimum atomic E-state index is -3.99. The molecule has 35 heavy (non-hydrogen) atoms. The highest BCUT2D eigenvalue weighted by Gasteiger charge is 2.38. The zero-order chi connectivity index (χ0) is 24.6. The van der Waals surface area contributed by atoms with Gasteiger partial charge in [0.1, 0.15) is 10.8 Å². The van der Waals surface area contributed by atoms with Crippen LogP contribution in [0.2, 0.25) is 5.02 Å². The van der Waals surface area contributed by atoms with Crippen molar-refractivity contribution in [1.82, 2.24) is 10.2 Å². The summed E-state index contributed by atoms with van der Waals surface area (Å²) in [6.45, 7) is 1.64. The molecule has 0 fully saturated rings. The Kier molecular flexibility index (Phi) is 6.18. The van der Waals surface area contributed by atoms with E-state index in [0.29, 0.717) is 10.0 Å². The van der Waals surface area contributed by atoms with Crippen LogP contribution in [0.1, 0.15) is 5.56 Å². The molecule has 1 aliphatic rings. The topological polar surface area (TPSA) is 101 Å². The Hall–Kier alpha value is -3.47. The molecule has 4 aromatic rings. The summed E-state index contributed by atoms with van der Waals surface area (Å²) in [4.78, 5) is 13.2. The maximum atomic E-state index is 13.5. The Morgan fingerprint density at radius 1 is 1.09 bits per heavy atom. The van der Waals surface area contributed by atoms with Crippen molar-refractivity contribution in [2.75, 3.05) is 16.2 Å². The summed E-state index contributed by atoms with van der Waals surface area (Å²) >= 11 is 7.36. The van der Waals surface area contributed by atoms with Crippen LogP contribution in [0.5, 0.6) is 5.75 Å². The van der Waals surface area contributed by atoms with Gasteiger partial charge >= 0.3 is 0 Å². The Labute approximate surface area is 211 Å². The van der Waals surface area contributed by atoms with E-state index in [1.54, 1.807) is 24.3 Å². The van der Waals surface area contributed by atoms with Crippen LogP contribution in [-0.4, -0.2) is 37.2 Å². The molecule has 3 aromatic carbocycles. The number of rotatable bonds is 5. The van der Waals surface area contributed by atoms with Gasteiger partial charge in [-0.2, -0.15) is 0 Å². The van der Waals surface area contributed by atoms with Gasteiger partial charge in [0, 0.05) is 10.6 Å². The number of nitrogens with zero attached hydrogens (tertiary/aromatic N) is 3. The average Bonchev–Trinajstić information content (AvgIpc) is 3.32. The van der Waals surface area contributed by atoms with Gasteiger partial charge in [-0.1, -0.05) is 71.0 Å². The lowest BCUT2D eigenvalue weighted by molar-refractivity contribution is -0.122. The number of halogens is 1. The first kappa shape index (κ1) is 23.3. The molecule has 1 atom stereocenters. The lowest BCUT2D eigenvalue weighted by atomic mass is 10.2. The van der Waals surface area contributed by atoms with Crippen molar-refractivity contribution in [3.8, 4) is 16.3 Å². The third-order valence-electron chi connectivity index (χ3n) is 5.37. The maximum Gasteiger partial charge on any atom is 0.269 e. The number of amides is 1. The fourth-order valence-electron chi connectivity index (χ4n) is 3.58. The molecule has 0 unspecified atom stereocenters. The van der Waals surface area contributed by atoms with Gasteiger partial charge in [-0.3, -0.25) is 14.4 Å². The molecule has 8 nitrogen and oxygen atoms in total. The minimum Gasteiger partial charge on any atom is -0.476 e. The molecule has 0 bridgehead atoms. The van der Waals surface area contributed by atoms with E-state index < -0.39 is 22.0 Å². The fraction of sp³-hybridized carbons (Fsp3) is 0.125. The molecule has 0 spiro atoms. The number of aromatic nitrogens is 2. The predicted molar refractivity (Wildman–Crippen MR) is 136 cm³/mol. The molecule has 178 valence electrons. The van der Waals surface area contributed by atoms with Gasteiger partial charge in [0.05, 0.1) is 17.1 Å². The summed E-state index contributed by atoms with van der Waals surface area (Å²) in [5.41, 5.74) is 2.07. The fourth-order valence-corrected chi connectivity index (χ4v) is 5.97. The molecular formula is C24H19ClN4O4S2. The predicted octanol–water partition coefficient (Wildman–Crippen LogP) is 4.76. The van der Waals surface area contributed by atoms with Crippen LogP contribution < -0.4 is 14.4 Å². The zero-order valence-corrected chi connectivity index (χ0v) is 20.8. The third-order valence-corrected chi connectivity index (χ3v) is 8.28. The van der Waals surface area contributed by atoms with Crippen molar-refractivity contribution in [2.24, 2.45) is 0 Å². The van der Waals surface area contributed by atoms with Gasteiger partial charge in [-0.05, 0) is 37.3 Å². The van der Waals surface area contributed by atoms with Crippen molar-refractivity contribution in [1.29, 1.82) is 0 Å². The van der Waals surface area contributed by atoms with Crippen molar-refractivity contribution in [2.45, 2.75) is 17.9 Å². The number of aryl methyl sites for hydroxylation is 1. The number of fused-ring (bicyclic) bond motifs is 1. The SMILES string of the molecule is Cc1ccc(S(=O)(=O)N2C[C@@H](C(=O)Nc3nnc(-c4ccccc4)s3)Oc3ccc(Cl)cc32)cc1. The quantitative estimate of drug-likeness (QED) is 0.402. The van der Waals surface area contributed by atoms with E-state index >= 15 is 0 Å².